The molecule has 1 unspecified atom stereocenters. The number of hydrogen-bond donors (Lipinski definition) is 0. The summed E-state index contributed by atoms with van der Waals surface area (Å²) >= 11 is 0. The number of nitrogens with zero attached hydrogens (tertiary/aromatic N) is 3. The Labute approximate surface area is 134 Å². The summed E-state index contributed by atoms with van der Waals surface area (Å²) in [7, 11) is 0. The third-order valence-corrected chi connectivity index (χ3v) is 4.71. The van der Waals surface area contributed by atoms with Crippen molar-refractivity contribution in [3.05, 3.63) is 35.9 Å². The summed E-state index contributed by atoms with van der Waals surface area (Å²) in [6.45, 7) is 12.5. The molecule has 1 saturated heterocycles. The van der Waals surface area contributed by atoms with Crippen LogP contribution in [0.15, 0.2) is 30.3 Å². The summed E-state index contributed by atoms with van der Waals surface area (Å²) in [6.07, 6.45) is 0. The first-order valence-corrected chi connectivity index (χ1v) is 8.44. The lowest BCUT2D eigenvalue weighted by molar-refractivity contribution is -0.132. The highest BCUT2D eigenvalue weighted by Gasteiger charge is 2.23. The smallest absolute Gasteiger partial charge is 0.236 e. The molecule has 1 amide bonds. The molecule has 4 heteroatoms. The normalized spacial score (nSPS) is 18.1. The van der Waals surface area contributed by atoms with Crippen molar-refractivity contribution in [2.45, 2.75) is 26.8 Å². The van der Waals surface area contributed by atoms with Crippen LogP contribution in [0.2, 0.25) is 0 Å². The minimum atomic E-state index is 0.259. The van der Waals surface area contributed by atoms with E-state index < -0.39 is 0 Å². The van der Waals surface area contributed by atoms with Gasteiger partial charge in [-0.1, -0.05) is 30.3 Å². The lowest BCUT2D eigenvalue weighted by Gasteiger charge is -2.38. The molecule has 2 rings (SSSR count). The van der Waals surface area contributed by atoms with Crippen LogP contribution >= 0.6 is 0 Å². The first-order valence-electron chi connectivity index (χ1n) is 8.44. The highest BCUT2D eigenvalue weighted by Crippen LogP contribution is 2.21. The van der Waals surface area contributed by atoms with Crippen molar-refractivity contribution in [3.63, 3.8) is 0 Å². The van der Waals surface area contributed by atoms with Gasteiger partial charge in [0, 0.05) is 45.3 Å². The van der Waals surface area contributed by atoms with E-state index in [0.29, 0.717) is 12.6 Å². The summed E-state index contributed by atoms with van der Waals surface area (Å²) in [5.74, 6) is 0.259. The topological polar surface area (TPSA) is 26.8 Å². The number of carbonyl (C=O) groups is 1. The van der Waals surface area contributed by atoms with Crippen LogP contribution in [0.4, 0.5) is 0 Å². The highest BCUT2D eigenvalue weighted by atomic mass is 16.2. The van der Waals surface area contributed by atoms with Gasteiger partial charge in [-0.3, -0.25) is 14.6 Å². The summed E-state index contributed by atoms with van der Waals surface area (Å²) in [6, 6.07) is 11.1. The van der Waals surface area contributed by atoms with Crippen molar-refractivity contribution >= 4 is 5.91 Å². The van der Waals surface area contributed by atoms with Crippen molar-refractivity contribution in [1.29, 1.82) is 0 Å². The Morgan fingerprint density at radius 1 is 1.09 bits per heavy atom. The molecule has 0 radical (unpaired) electrons. The van der Waals surface area contributed by atoms with E-state index in [1.54, 1.807) is 0 Å². The van der Waals surface area contributed by atoms with Gasteiger partial charge in [-0.2, -0.15) is 0 Å². The van der Waals surface area contributed by atoms with E-state index >= 15 is 0 Å². The highest BCUT2D eigenvalue weighted by molar-refractivity contribution is 5.78. The summed E-state index contributed by atoms with van der Waals surface area (Å²) < 4.78 is 0. The summed E-state index contributed by atoms with van der Waals surface area (Å²) in [5, 5.41) is 0. The second-order valence-electron chi connectivity index (χ2n) is 5.96. The summed E-state index contributed by atoms with van der Waals surface area (Å²) in [4.78, 5) is 18.9. The van der Waals surface area contributed by atoms with Crippen LogP contribution in [-0.4, -0.2) is 66.4 Å². The molecule has 0 spiro atoms. The van der Waals surface area contributed by atoms with Gasteiger partial charge in [-0.25, -0.2) is 0 Å². The van der Waals surface area contributed by atoms with Crippen molar-refractivity contribution in [3.8, 4) is 0 Å². The van der Waals surface area contributed by atoms with Crippen LogP contribution in [0.1, 0.15) is 32.4 Å². The number of rotatable bonds is 6. The van der Waals surface area contributed by atoms with E-state index in [9.17, 15) is 4.79 Å². The predicted molar refractivity (Wildman–Crippen MR) is 90.8 cm³/mol. The number of amides is 1. The predicted octanol–water partition coefficient (Wildman–Crippen LogP) is 2.23. The molecular weight excluding hydrogens is 274 g/mol. The minimum absolute atomic E-state index is 0.259. The molecule has 4 nitrogen and oxygen atoms in total. The van der Waals surface area contributed by atoms with Gasteiger partial charge in [-0.15, -0.1) is 0 Å². The van der Waals surface area contributed by atoms with Gasteiger partial charge in [0.2, 0.25) is 5.91 Å². The van der Waals surface area contributed by atoms with Crippen molar-refractivity contribution in [2.24, 2.45) is 0 Å². The van der Waals surface area contributed by atoms with E-state index in [-0.39, 0.29) is 5.91 Å². The Morgan fingerprint density at radius 3 is 2.23 bits per heavy atom. The van der Waals surface area contributed by atoms with Crippen LogP contribution < -0.4 is 0 Å². The molecule has 22 heavy (non-hydrogen) atoms. The van der Waals surface area contributed by atoms with E-state index in [2.05, 4.69) is 47.1 Å². The van der Waals surface area contributed by atoms with Gasteiger partial charge in [0.15, 0.2) is 0 Å². The summed E-state index contributed by atoms with van der Waals surface area (Å²) in [5.41, 5.74) is 1.37. The zero-order valence-electron chi connectivity index (χ0n) is 14.2. The molecule has 0 aromatic heterocycles. The molecule has 0 N–H and O–H groups in total. The van der Waals surface area contributed by atoms with Gasteiger partial charge < -0.3 is 4.90 Å². The van der Waals surface area contributed by atoms with Gasteiger partial charge in [0.25, 0.3) is 0 Å². The fourth-order valence-electron chi connectivity index (χ4n) is 3.12. The van der Waals surface area contributed by atoms with Crippen LogP contribution in [0, 0.1) is 0 Å². The second kappa shape index (κ2) is 8.30. The maximum Gasteiger partial charge on any atom is 0.236 e. The maximum absolute atomic E-state index is 12.2. The first kappa shape index (κ1) is 17.0. The molecule has 122 valence electrons. The molecule has 1 aromatic rings. The molecule has 0 aliphatic carbocycles. The Balaban J connectivity index is 1.82. The molecule has 1 aliphatic heterocycles. The average Bonchev–Trinajstić information content (AvgIpc) is 2.57. The van der Waals surface area contributed by atoms with Crippen LogP contribution in [0.5, 0.6) is 0 Å². The zero-order chi connectivity index (χ0) is 15.9. The largest absolute Gasteiger partial charge is 0.342 e. The first-order chi connectivity index (χ1) is 10.7. The molecule has 1 fully saturated rings. The monoisotopic (exact) mass is 303 g/mol. The molecule has 1 aliphatic rings. The molecule has 1 heterocycles. The zero-order valence-corrected chi connectivity index (χ0v) is 14.2. The Bertz CT molecular complexity index is 451. The van der Waals surface area contributed by atoms with E-state index in [1.807, 2.05) is 18.7 Å². The molecule has 1 atom stereocenters. The second-order valence-corrected chi connectivity index (χ2v) is 5.96. The van der Waals surface area contributed by atoms with Crippen LogP contribution in [0.25, 0.3) is 0 Å². The van der Waals surface area contributed by atoms with Gasteiger partial charge in [0.05, 0.1) is 6.54 Å². The van der Waals surface area contributed by atoms with E-state index in [0.717, 1.165) is 39.3 Å². The van der Waals surface area contributed by atoms with Gasteiger partial charge in [-0.05, 0) is 26.3 Å². The molecule has 0 saturated carbocycles. The van der Waals surface area contributed by atoms with Crippen molar-refractivity contribution in [2.75, 3.05) is 45.8 Å². The third-order valence-electron chi connectivity index (χ3n) is 4.71. The third kappa shape index (κ3) is 4.31. The van der Waals surface area contributed by atoms with E-state index in [1.165, 1.54) is 5.56 Å². The quantitative estimate of drug-likeness (QED) is 0.806. The minimum Gasteiger partial charge on any atom is -0.342 e. The number of carbonyl (C=O) groups excluding carboxylic acids is 1. The number of likely N-dealkylation sites (N-methyl/N-ethyl adjacent to an activating group) is 1. The number of benzene rings is 1. The van der Waals surface area contributed by atoms with Crippen LogP contribution in [0.3, 0.4) is 0 Å². The Hall–Kier alpha value is -1.39. The number of hydrogen-bond acceptors (Lipinski definition) is 3. The Morgan fingerprint density at radius 2 is 1.68 bits per heavy atom. The standard InChI is InChI=1S/C18H29N3O/c1-4-20(5-2)18(22)15-19-11-13-21(14-12-19)16(3)17-9-7-6-8-10-17/h6-10,16H,4-5,11-15H2,1-3H3. The molecule has 0 bridgehead atoms. The van der Waals surface area contributed by atoms with E-state index in [4.69, 9.17) is 0 Å². The SMILES string of the molecule is CCN(CC)C(=O)CN1CCN(C(C)c2ccccc2)CC1. The molecule has 1 aromatic carbocycles. The Kier molecular flexibility index (Phi) is 6.40. The fourth-order valence-corrected chi connectivity index (χ4v) is 3.12. The average molecular weight is 303 g/mol. The van der Waals surface area contributed by atoms with Crippen LogP contribution in [-0.2, 0) is 4.79 Å². The number of piperazine rings is 1. The maximum atomic E-state index is 12.2. The fraction of sp³-hybridized carbons (Fsp3) is 0.611. The van der Waals surface area contributed by atoms with Crippen molar-refractivity contribution < 1.29 is 4.79 Å². The van der Waals surface area contributed by atoms with Gasteiger partial charge in [0.1, 0.15) is 0 Å². The lowest BCUT2D eigenvalue weighted by atomic mass is 10.1. The lowest BCUT2D eigenvalue weighted by Crippen LogP contribution is -2.50. The van der Waals surface area contributed by atoms with Crippen molar-refractivity contribution in [1.82, 2.24) is 14.7 Å². The van der Waals surface area contributed by atoms with Gasteiger partial charge >= 0.3 is 0 Å². The molecular formula is C18H29N3O.